The third kappa shape index (κ3) is 4.40. The summed E-state index contributed by atoms with van der Waals surface area (Å²) in [6, 6.07) is 12.5. The van der Waals surface area contributed by atoms with Crippen LogP contribution in [-0.4, -0.2) is 20.1 Å². The Morgan fingerprint density at radius 1 is 1.19 bits per heavy atom. The van der Waals surface area contributed by atoms with E-state index in [1.165, 1.54) is 12.1 Å². The molecule has 0 aliphatic rings. The second kappa shape index (κ2) is 7.06. The van der Waals surface area contributed by atoms with Gasteiger partial charge in [-0.1, -0.05) is 23.7 Å². The predicted molar refractivity (Wildman–Crippen MR) is 90.8 cm³/mol. The van der Waals surface area contributed by atoms with Gasteiger partial charge in [0.25, 0.3) is 0 Å². The first-order valence-electron chi connectivity index (χ1n) is 6.06. The molecule has 2 aromatic carbocycles. The maximum atomic E-state index is 12.3. The molecule has 1 atom stereocenters. The van der Waals surface area contributed by atoms with Gasteiger partial charge in [-0.05, 0) is 64.6 Å². The van der Waals surface area contributed by atoms with Crippen molar-refractivity contribution >= 4 is 44.2 Å². The topological polar surface area (TPSA) is 66.4 Å². The molecule has 2 N–H and O–H groups in total. The highest BCUT2D eigenvalue weighted by Crippen LogP contribution is 2.20. The summed E-state index contributed by atoms with van der Waals surface area (Å²) in [6.07, 6.45) is 0. The standard InChI is InChI=1S/C14H13ClINO3S/c15-11-3-1-2-10(8-11)14(9-18)17-21(19,20)13-6-4-12(16)5-7-13/h1-8,14,17-18H,9H2/t14-/m1/s1. The summed E-state index contributed by atoms with van der Waals surface area (Å²) >= 11 is 7.99. The number of rotatable bonds is 5. The zero-order valence-electron chi connectivity index (χ0n) is 10.8. The highest BCUT2D eigenvalue weighted by molar-refractivity contribution is 14.1. The molecule has 112 valence electrons. The van der Waals surface area contributed by atoms with Gasteiger partial charge >= 0.3 is 0 Å². The zero-order valence-corrected chi connectivity index (χ0v) is 14.6. The molecule has 0 aliphatic heterocycles. The number of aliphatic hydroxyl groups is 1. The van der Waals surface area contributed by atoms with Crippen LogP contribution in [0.15, 0.2) is 53.4 Å². The number of sulfonamides is 1. The van der Waals surface area contributed by atoms with Crippen LogP contribution in [0.3, 0.4) is 0 Å². The van der Waals surface area contributed by atoms with Crippen molar-refractivity contribution in [1.29, 1.82) is 0 Å². The largest absolute Gasteiger partial charge is 0.394 e. The van der Waals surface area contributed by atoms with Gasteiger partial charge in [0.05, 0.1) is 17.5 Å². The van der Waals surface area contributed by atoms with Crippen LogP contribution in [0.5, 0.6) is 0 Å². The second-order valence-corrected chi connectivity index (χ2v) is 7.76. The molecule has 7 heteroatoms. The number of hydrogen-bond donors (Lipinski definition) is 2. The number of benzene rings is 2. The van der Waals surface area contributed by atoms with Crippen LogP contribution in [0.2, 0.25) is 5.02 Å². The van der Waals surface area contributed by atoms with E-state index in [1.54, 1.807) is 36.4 Å². The van der Waals surface area contributed by atoms with Crippen molar-refractivity contribution in [2.24, 2.45) is 0 Å². The van der Waals surface area contributed by atoms with Crippen molar-refractivity contribution in [2.45, 2.75) is 10.9 Å². The SMILES string of the molecule is O=S(=O)(N[C@H](CO)c1cccc(Cl)c1)c1ccc(I)cc1. The number of hydrogen-bond acceptors (Lipinski definition) is 3. The molecule has 0 aliphatic carbocycles. The van der Waals surface area contributed by atoms with Crippen molar-refractivity contribution < 1.29 is 13.5 Å². The Morgan fingerprint density at radius 3 is 2.43 bits per heavy atom. The van der Waals surface area contributed by atoms with Gasteiger partial charge in [-0.25, -0.2) is 13.1 Å². The van der Waals surface area contributed by atoms with Gasteiger partial charge in [0.1, 0.15) is 0 Å². The first kappa shape index (κ1) is 16.7. The van der Waals surface area contributed by atoms with Crippen LogP contribution >= 0.6 is 34.2 Å². The van der Waals surface area contributed by atoms with E-state index in [9.17, 15) is 13.5 Å². The van der Waals surface area contributed by atoms with Crippen LogP contribution in [0.4, 0.5) is 0 Å². The van der Waals surface area contributed by atoms with Crippen molar-refractivity contribution in [1.82, 2.24) is 4.72 Å². The Hall–Kier alpha value is -0.670. The molecule has 0 unspecified atom stereocenters. The maximum Gasteiger partial charge on any atom is 0.241 e. The number of halogens is 2. The van der Waals surface area contributed by atoms with E-state index in [0.29, 0.717) is 10.6 Å². The van der Waals surface area contributed by atoms with Gasteiger partial charge in [0.2, 0.25) is 10.0 Å². The Labute approximate surface area is 142 Å². The lowest BCUT2D eigenvalue weighted by molar-refractivity contribution is 0.259. The van der Waals surface area contributed by atoms with Gasteiger partial charge in [0.15, 0.2) is 0 Å². The van der Waals surface area contributed by atoms with Crippen molar-refractivity contribution in [3.8, 4) is 0 Å². The third-order valence-electron chi connectivity index (χ3n) is 2.85. The average molecular weight is 438 g/mol. The van der Waals surface area contributed by atoms with Crippen molar-refractivity contribution in [3.63, 3.8) is 0 Å². The van der Waals surface area contributed by atoms with Crippen LogP contribution in [-0.2, 0) is 10.0 Å². The summed E-state index contributed by atoms with van der Waals surface area (Å²) in [5.74, 6) is 0. The van der Waals surface area contributed by atoms with E-state index in [1.807, 2.05) is 0 Å². The smallest absolute Gasteiger partial charge is 0.241 e. The fourth-order valence-electron chi connectivity index (χ4n) is 1.80. The van der Waals surface area contributed by atoms with Gasteiger partial charge < -0.3 is 5.11 Å². The minimum atomic E-state index is -3.71. The van der Waals surface area contributed by atoms with Crippen LogP contribution in [0.25, 0.3) is 0 Å². The molecular formula is C14H13ClINO3S. The molecule has 21 heavy (non-hydrogen) atoms. The lowest BCUT2D eigenvalue weighted by atomic mass is 10.1. The minimum absolute atomic E-state index is 0.156. The third-order valence-corrected chi connectivity index (χ3v) is 5.30. The normalized spacial score (nSPS) is 13.1. The molecule has 4 nitrogen and oxygen atoms in total. The van der Waals surface area contributed by atoms with E-state index < -0.39 is 16.1 Å². The monoisotopic (exact) mass is 437 g/mol. The van der Waals surface area contributed by atoms with Gasteiger partial charge in [-0.2, -0.15) is 0 Å². The summed E-state index contributed by atoms with van der Waals surface area (Å²) < 4.78 is 28.1. The van der Waals surface area contributed by atoms with E-state index in [-0.39, 0.29) is 11.5 Å². The molecule has 2 rings (SSSR count). The summed E-state index contributed by atoms with van der Waals surface area (Å²) in [5, 5.41) is 9.94. The summed E-state index contributed by atoms with van der Waals surface area (Å²) in [7, 11) is -3.71. The Bertz CT molecular complexity index is 719. The molecule has 0 saturated heterocycles. The molecule has 0 radical (unpaired) electrons. The van der Waals surface area contributed by atoms with E-state index in [0.717, 1.165) is 3.57 Å². The van der Waals surface area contributed by atoms with Gasteiger partial charge in [-0.3, -0.25) is 0 Å². The number of nitrogens with one attached hydrogen (secondary N) is 1. The molecule has 0 aromatic heterocycles. The van der Waals surface area contributed by atoms with E-state index >= 15 is 0 Å². The molecule has 2 aromatic rings. The zero-order chi connectivity index (χ0) is 15.5. The Kier molecular flexibility index (Phi) is 5.61. The number of aliphatic hydroxyl groups excluding tert-OH is 1. The average Bonchev–Trinajstić information content (AvgIpc) is 2.45. The quantitative estimate of drug-likeness (QED) is 0.707. The first-order chi connectivity index (χ1) is 9.92. The minimum Gasteiger partial charge on any atom is -0.394 e. The summed E-state index contributed by atoms with van der Waals surface area (Å²) in [6.45, 7) is -0.357. The van der Waals surface area contributed by atoms with Crippen LogP contribution in [0, 0.1) is 3.57 Å². The molecule has 0 fully saturated rings. The van der Waals surface area contributed by atoms with E-state index in [4.69, 9.17) is 11.6 Å². The highest BCUT2D eigenvalue weighted by Gasteiger charge is 2.21. The van der Waals surface area contributed by atoms with E-state index in [2.05, 4.69) is 27.3 Å². The fourth-order valence-corrected chi connectivity index (χ4v) is 3.58. The Balaban J connectivity index is 2.27. The molecule has 0 saturated carbocycles. The lowest BCUT2D eigenvalue weighted by Gasteiger charge is -2.17. The summed E-state index contributed by atoms with van der Waals surface area (Å²) in [4.78, 5) is 0.156. The van der Waals surface area contributed by atoms with Crippen molar-refractivity contribution in [3.05, 3.63) is 62.7 Å². The van der Waals surface area contributed by atoms with Crippen molar-refractivity contribution in [2.75, 3.05) is 6.61 Å². The molecule has 0 heterocycles. The van der Waals surface area contributed by atoms with Gasteiger partial charge in [-0.15, -0.1) is 0 Å². The fraction of sp³-hybridized carbons (Fsp3) is 0.143. The second-order valence-electron chi connectivity index (χ2n) is 4.37. The molecule has 0 bridgehead atoms. The Morgan fingerprint density at radius 2 is 1.86 bits per heavy atom. The van der Waals surface area contributed by atoms with Crippen LogP contribution < -0.4 is 4.72 Å². The van der Waals surface area contributed by atoms with Crippen LogP contribution in [0.1, 0.15) is 11.6 Å². The lowest BCUT2D eigenvalue weighted by Crippen LogP contribution is -2.30. The highest BCUT2D eigenvalue weighted by atomic mass is 127. The molecule has 0 amide bonds. The summed E-state index contributed by atoms with van der Waals surface area (Å²) in [5.41, 5.74) is 0.610. The molecular weight excluding hydrogens is 425 g/mol. The predicted octanol–water partition coefficient (Wildman–Crippen LogP) is 2.96. The first-order valence-corrected chi connectivity index (χ1v) is 9.00. The van der Waals surface area contributed by atoms with Gasteiger partial charge in [0, 0.05) is 8.59 Å². The maximum absolute atomic E-state index is 12.3. The molecule has 0 spiro atoms.